The van der Waals surface area contributed by atoms with Gasteiger partial charge in [0.15, 0.2) is 0 Å². The number of nitrogens with one attached hydrogen (secondary N) is 1. The highest BCUT2D eigenvalue weighted by Gasteiger charge is 2.35. The summed E-state index contributed by atoms with van der Waals surface area (Å²) in [6.07, 6.45) is 3.49. The minimum absolute atomic E-state index is 0.0114. The lowest BCUT2D eigenvalue weighted by Gasteiger charge is -2.36. The molecule has 0 unspecified atom stereocenters. The van der Waals surface area contributed by atoms with Gasteiger partial charge in [-0.05, 0) is 32.9 Å². The highest BCUT2D eigenvalue weighted by molar-refractivity contribution is 8.00. The number of piperidine rings is 1. The SMILES string of the molecule is CSC1(C#N)CCN(C(=O)NC(C)C)CC1. The van der Waals surface area contributed by atoms with Gasteiger partial charge in [-0.3, -0.25) is 0 Å². The highest BCUT2D eigenvalue weighted by Crippen LogP contribution is 2.33. The number of carbonyl (C=O) groups excluding carboxylic acids is 1. The van der Waals surface area contributed by atoms with Gasteiger partial charge in [0.1, 0.15) is 4.75 Å². The minimum atomic E-state index is -0.283. The number of carbonyl (C=O) groups is 1. The quantitative estimate of drug-likeness (QED) is 0.802. The van der Waals surface area contributed by atoms with Crippen LogP contribution in [0.4, 0.5) is 4.79 Å². The monoisotopic (exact) mass is 241 g/mol. The van der Waals surface area contributed by atoms with Crippen LogP contribution in [0.3, 0.4) is 0 Å². The maximum Gasteiger partial charge on any atom is 0.317 e. The van der Waals surface area contributed by atoms with E-state index in [2.05, 4.69) is 11.4 Å². The second-order valence-corrected chi connectivity index (χ2v) is 5.59. The Hall–Kier alpha value is -0.890. The molecule has 1 fully saturated rings. The molecule has 0 aromatic rings. The van der Waals surface area contributed by atoms with Crippen molar-refractivity contribution in [3.8, 4) is 6.07 Å². The third-order valence-electron chi connectivity index (χ3n) is 2.86. The van der Waals surface area contributed by atoms with Gasteiger partial charge in [-0.2, -0.15) is 5.26 Å². The van der Waals surface area contributed by atoms with E-state index in [1.807, 2.05) is 20.1 Å². The van der Waals surface area contributed by atoms with E-state index in [-0.39, 0.29) is 16.8 Å². The molecule has 4 nitrogen and oxygen atoms in total. The summed E-state index contributed by atoms with van der Waals surface area (Å²) < 4.78 is -0.283. The summed E-state index contributed by atoms with van der Waals surface area (Å²) >= 11 is 1.60. The van der Waals surface area contributed by atoms with Crippen LogP contribution in [-0.2, 0) is 0 Å². The summed E-state index contributed by atoms with van der Waals surface area (Å²) in [5.41, 5.74) is 0. The summed E-state index contributed by atoms with van der Waals surface area (Å²) in [4.78, 5) is 13.5. The first kappa shape index (κ1) is 13.2. The first-order valence-corrected chi connectivity index (χ1v) is 6.77. The number of likely N-dealkylation sites (tertiary alicyclic amines) is 1. The van der Waals surface area contributed by atoms with Crippen molar-refractivity contribution >= 4 is 17.8 Å². The number of rotatable bonds is 2. The molecule has 1 heterocycles. The average molecular weight is 241 g/mol. The molecule has 0 spiro atoms. The van der Waals surface area contributed by atoms with Gasteiger partial charge in [-0.1, -0.05) is 0 Å². The molecule has 0 aliphatic carbocycles. The molecule has 1 aliphatic rings. The molecular weight excluding hydrogens is 222 g/mol. The van der Waals surface area contributed by atoms with E-state index in [9.17, 15) is 4.79 Å². The number of thioether (sulfide) groups is 1. The molecular formula is C11H19N3OS. The zero-order chi connectivity index (χ0) is 12.2. The fraction of sp³-hybridized carbons (Fsp3) is 0.818. The molecule has 0 atom stereocenters. The standard InChI is InChI=1S/C11H19N3OS/c1-9(2)13-10(15)14-6-4-11(8-12,16-3)5-7-14/h9H,4-7H2,1-3H3,(H,13,15). The largest absolute Gasteiger partial charge is 0.336 e. The van der Waals surface area contributed by atoms with Crippen molar-refractivity contribution < 1.29 is 4.79 Å². The molecule has 1 aliphatic heterocycles. The molecule has 0 aromatic carbocycles. The van der Waals surface area contributed by atoms with Crippen molar-refractivity contribution in [3.63, 3.8) is 0 Å². The molecule has 5 heteroatoms. The van der Waals surface area contributed by atoms with E-state index >= 15 is 0 Å². The summed E-state index contributed by atoms with van der Waals surface area (Å²) in [7, 11) is 0. The molecule has 0 bridgehead atoms. The Balaban J connectivity index is 2.49. The van der Waals surface area contributed by atoms with Gasteiger partial charge in [-0.15, -0.1) is 11.8 Å². The summed E-state index contributed by atoms with van der Waals surface area (Å²) in [6, 6.07) is 2.52. The van der Waals surface area contributed by atoms with Gasteiger partial charge in [-0.25, -0.2) is 4.79 Å². The smallest absolute Gasteiger partial charge is 0.317 e. The van der Waals surface area contributed by atoms with Crippen LogP contribution in [0.5, 0.6) is 0 Å². The van der Waals surface area contributed by atoms with Crippen LogP contribution < -0.4 is 5.32 Å². The van der Waals surface area contributed by atoms with Crippen molar-refractivity contribution in [2.75, 3.05) is 19.3 Å². The molecule has 0 aromatic heterocycles. The van der Waals surface area contributed by atoms with Crippen molar-refractivity contribution in [2.45, 2.75) is 37.5 Å². The Morgan fingerprint density at radius 1 is 1.50 bits per heavy atom. The molecule has 1 saturated heterocycles. The van der Waals surface area contributed by atoms with Crippen LogP contribution in [0.1, 0.15) is 26.7 Å². The molecule has 2 amide bonds. The topological polar surface area (TPSA) is 56.1 Å². The van der Waals surface area contributed by atoms with E-state index in [1.165, 1.54) is 0 Å². The van der Waals surface area contributed by atoms with E-state index in [0.29, 0.717) is 13.1 Å². The Kier molecular flexibility index (Phi) is 4.48. The van der Waals surface area contributed by atoms with Crippen LogP contribution in [0.25, 0.3) is 0 Å². The lowest BCUT2D eigenvalue weighted by atomic mass is 9.97. The van der Waals surface area contributed by atoms with E-state index in [0.717, 1.165) is 12.8 Å². The fourth-order valence-corrected chi connectivity index (χ4v) is 2.45. The van der Waals surface area contributed by atoms with Crippen molar-refractivity contribution in [3.05, 3.63) is 0 Å². The molecule has 90 valence electrons. The van der Waals surface area contributed by atoms with Gasteiger partial charge < -0.3 is 10.2 Å². The molecule has 0 saturated carbocycles. The summed E-state index contributed by atoms with van der Waals surface area (Å²) in [5, 5.41) is 12.0. The Morgan fingerprint density at radius 3 is 2.44 bits per heavy atom. The first-order valence-electron chi connectivity index (χ1n) is 5.55. The van der Waals surface area contributed by atoms with E-state index in [1.54, 1.807) is 16.7 Å². The number of hydrogen-bond acceptors (Lipinski definition) is 3. The van der Waals surface area contributed by atoms with Crippen molar-refractivity contribution in [1.82, 2.24) is 10.2 Å². The molecule has 1 N–H and O–H groups in total. The van der Waals surface area contributed by atoms with Gasteiger partial charge in [0.05, 0.1) is 6.07 Å². The van der Waals surface area contributed by atoms with Crippen molar-refractivity contribution in [2.24, 2.45) is 0 Å². The fourth-order valence-electron chi connectivity index (χ4n) is 1.77. The second kappa shape index (κ2) is 5.44. The van der Waals surface area contributed by atoms with Gasteiger partial charge in [0.2, 0.25) is 0 Å². The van der Waals surface area contributed by atoms with E-state index in [4.69, 9.17) is 5.26 Å². The van der Waals surface area contributed by atoms with Crippen molar-refractivity contribution in [1.29, 1.82) is 5.26 Å². The Morgan fingerprint density at radius 2 is 2.06 bits per heavy atom. The predicted octanol–water partition coefficient (Wildman–Crippen LogP) is 1.83. The predicted molar refractivity (Wildman–Crippen MR) is 66.3 cm³/mol. The lowest BCUT2D eigenvalue weighted by Crippen LogP contribution is -2.49. The van der Waals surface area contributed by atoms with Crippen LogP contribution in [-0.4, -0.2) is 41.1 Å². The lowest BCUT2D eigenvalue weighted by molar-refractivity contribution is 0.180. The number of urea groups is 1. The highest BCUT2D eigenvalue weighted by atomic mass is 32.2. The van der Waals surface area contributed by atoms with Crippen LogP contribution in [0.15, 0.2) is 0 Å². The Labute approximate surface area is 101 Å². The van der Waals surface area contributed by atoms with Gasteiger partial charge in [0, 0.05) is 19.1 Å². The number of nitrogens with zero attached hydrogens (tertiary/aromatic N) is 2. The van der Waals surface area contributed by atoms with E-state index < -0.39 is 0 Å². The first-order chi connectivity index (χ1) is 7.53. The molecule has 0 radical (unpaired) electrons. The average Bonchev–Trinajstić information content (AvgIpc) is 2.28. The van der Waals surface area contributed by atoms with Crippen LogP contribution in [0.2, 0.25) is 0 Å². The number of amides is 2. The molecule has 16 heavy (non-hydrogen) atoms. The van der Waals surface area contributed by atoms with Crippen LogP contribution >= 0.6 is 11.8 Å². The second-order valence-electron chi connectivity index (χ2n) is 4.40. The summed E-state index contributed by atoms with van der Waals surface area (Å²) in [6.45, 7) is 5.24. The third kappa shape index (κ3) is 3.05. The molecule has 1 rings (SSSR count). The number of hydrogen-bond donors (Lipinski definition) is 1. The Bertz CT molecular complexity index is 290. The normalized spacial score (nSPS) is 19.3. The zero-order valence-corrected chi connectivity index (χ0v) is 10.9. The zero-order valence-electron chi connectivity index (χ0n) is 10.1. The maximum atomic E-state index is 11.7. The summed E-state index contributed by atoms with van der Waals surface area (Å²) in [5.74, 6) is 0. The van der Waals surface area contributed by atoms with Gasteiger partial charge in [0.25, 0.3) is 0 Å². The third-order valence-corrected chi connectivity index (χ3v) is 4.15. The maximum absolute atomic E-state index is 11.7. The minimum Gasteiger partial charge on any atom is -0.336 e. The van der Waals surface area contributed by atoms with Crippen LogP contribution in [0, 0.1) is 11.3 Å². The number of nitriles is 1. The van der Waals surface area contributed by atoms with Gasteiger partial charge >= 0.3 is 6.03 Å².